The Balaban J connectivity index is 0.000000182. The predicted octanol–water partition coefficient (Wildman–Crippen LogP) is 11.1. The number of nitrogens with zero attached hydrogens (tertiary/aromatic N) is 10. The number of rotatable bonds is 8. The van der Waals surface area contributed by atoms with Crippen LogP contribution in [0.1, 0.15) is 109 Å². The van der Waals surface area contributed by atoms with Gasteiger partial charge in [-0.2, -0.15) is 0 Å². The first-order valence-corrected chi connectivity index (χ1v) is 23.1. The summed E-state index contributed by atoms with van der Waals surface area (Å²) in [5.74, 6) is -0.730. The molecule has 4 atom stereocenters. The van der Waals surface area contributed by atoms with Crippen molar-refractivity contribution in [2.75, 3.05) is 27.4 Å². The first-order valence-electron chi connectivity index (χ1n) is 23.1. The number of fused-ring (bicyclic) bond motifs is 2. The summed E-state index contributed by atoms with van der Waals surface area (Å²) in [7, 11) is 3.14. The van der Waals surface area contributed by atoms with Crippen LogP contribution in [0.25, 0.3) is 44.8 Å². The van der Waals surface area contributed by atoms with E-state index >= 15 is 0 Å². The predicted molar refractivity (Wildman–Crippen MR) is 254 cm³/mol. The summed E-state index contributed by atoms with van der Waals surface area (Å²) in [5.41, 5.74) is 7.03. The Morgan fingerprint density at radius 2 is 1.03 bits per heavy atom. The summed E-state index contributed by atoms with van der Waals surface area (Å²) >= 11 is 0. The van der Waals surface area contributed by atoms with Crippen molar-refractivity contribution in [3.8, 4) is 34.3 Å². The molecular weight excluding hydrogens is 905 g/mol. The molecule has 2 saturated heterocycles. The molecule has 2 unspecified atom stereocenters. The van der Waals surface area contributed by atoms with Gasteiger partial charge in [0.2, 0.25) is 11.8 Å². The molecule has 2 aliphatic heterocycles. The van der Waals surface area contributed by atoms with E-state index in [-0.39, 0.29) is 35.2 Å². The number of benzene rings is 2. The second-order valence-corrected chi connectivity index (χ2v) is 16.6. The lowest BCUT2D eigenvalue weighted by molar-refractivity contribution is 0.00122. The number of aryl methyl sites for hydroxylation is 4. The second-order valence-electron chi connectivity index (χ2n) is 16.6. The molecule has 70 heavy (non-hydrogen) atoms. The van der Waals surface area contributed by atoms with E-state index in [4.69, 9.17) is 38.9 Å². The minimum Gasteiger partial charge on any atom is -0.481 e. The minimum atomic E-state index is -0.712. The highest BCUT2D eigenvalue weighted by Gasteiger charge is 2.31. The zero-order valence-electron chi connectivity index (χ0n) is 40.1. The third kappa shape index (κ3) is 10.7. The van der Waals surface area contributed by atoms with Gasteiger partial charge in [0.1, 0.15) is 63.4 Å². The van der Waals surface area contributed by atoms with Crippen molar-refractivity contribution < 1.29 is 36.5 Å². The molecule has 0 amide bonds. The number of aromatic nitrogens is 10. The maximum absolute atomic E-state index is 14.8. The van der Waals surface area contributed by atoms with Crippen LogP contribution in [0.5, 0.6) is 11.8 Å². The van der Waals surface area contributed by atoms with Gasteiger partial charge in [-0.05, 0) is 95.3 Å². The molecule has 2 aliphatic rings. The monoisotopic (exact) mass is 956 g/mol. The Kier molecular flexibility index (Phi) is 15.2. The maximum Gasteiger partial charge on any atom is 0.213 e. The summed E-state index contributed by atoms with van der Waals surface area (Å²) in [6.45, 7) is 12.4. The lowest BCUT2D eigenvalue weighted by Crippen LogP contribution is -2.21. The maximum atomic E-state index is 14.8. The SMILES string of the molecule is CC.COc1ccc([C@H]2C[C@@H](c3nc(-c4ccc(F)cc4F)c4nc(C)c(C)nc4n3)CCO2)cn1.COc1cccc(C2CC(c3nc(-c4ccc(F)cc4F)c4nc(C)c(C)nc4n3)CCO2)n1. The molecule has 0 N–H and O–H groups in total. The molecule has 10 rings (SSSR count). The average Bonchev–Trinajstić information content (AvgIpc) is 3.37. The number of halogens is 4. The van der Waals surface area contributed by atoms with Gasteiger partial charge in [0, 0.05) is 66.6 Å². The van der Waals surface area contributed by atoms with E-state index in [0.717, 1.165) is 34.8 Å². The first kappa shape index (κ1) is 49.2. The molecule has 0 spiro atoms. The van der Waals surface area contributed by atoms with E-state index in [1.807, 2.05) is 59.7 Å². The van der Waals surface area contributed by atoms with E-state index in [2.05, 4.69) is 29.9 Å². The zero-order valence-corrected chi connectivity index (χ0v) is 40.1. The standard InChI is InChI=1S/2C25H23F2N5O2.C2H6/c1-13-14(2)30-25-23(29-13)22(18-6-5-17(26)11-19(18)27)31-24(32-25)15-8-9-34-20(10-15)16-4-7-21(33-3)28-12-16;1-13-14(2)29-25-23(28-13)22(17-8-7-16(26)12-18(17)27)31-24(32-25)15-9-10-34-20(11-15)19-5-4-6-21(30-19)33-3;1-2/h4-7,11-12,15,20H,8-10H2,1-3H3;4-8,12,15,20H,9-11H2,1-3H3;1-2H3/t15-,20+;;/m0../s1. The quantitative estimate of drug-likeness (QED) is 0.132. The molecule has 0 saturated carbocycles. The molecule has 14 nitrogen and oxygen atoms in total. The van der Waals surface area contributed by atoms with Crippen LogP contribution in [0, 0.1) is 51.0 Å². The molecule has 6 aromatic heterocycles. The van der Waals surface area contributed by atoms with Crippen LogP contribution in [0.2, 0.25) is 0 Å². The summed E-state index contributed by atoms with van der Waals surface area (Å²) in [5, 5.41) is 0. The first-order chi connectivity index (χ1) is 33.8. The lowest BCUT2D eigenvalue weighted by atomic mass is 9.91. The van der Waals surface area contributed by atoms with E-state index in [0.29, 0.717) is 107 Å². The van der Waals surface area contributed by atoms with Gasteiger partial charge >= 0.3 is 0 Å². The fourth-order valence-electron chi connectivity index (χ4n) is 8.29. The van der Waals surface area contributed by atoms with Gasteiger partial charge in [-0.25, -0.2) is 67.4 Å². The topological polar surface area (TPSA) is 166 Å². The highest BCUT2D eigenvalue weighted by Crippen LogP contribution is 2.40. The van der Waals surface area contributed by atoms with E-state index in [9.17, 15) is 17.6 Å². The number of methoxy groups -OCH3 is 2. The van der Waals surface area contributed by atoms with Crippen molar-refractivity contribution in [1.82, 2.24) is 49.8 Å². The van der Waals surface area contributed by atoms with Gasteiger partial charge in [-0.1, -0.05) is 19.9 Å². The third-order valence-corrected chi connectivity index (χ3v) is 12.2. The Morgan fingerprint density at radius 3 is 1.51 bits per heavy atom. The molecule has 2 aromatic carbocycles. The Morgan fingerprint density at radius 1 is 0.529 bits per heavy atom. The molecular formula is C52H52F4N10O4. The summed E-state index contributed by atoms with van der Waals surface area (Å²) in [6.07, 6.45) is 3.91. The Hall–Kier alpha value is -7.18. The van der Waals surface area contributed by atoms with Crippen LogP contribution in [-0.4, -0.2) is 77.3 Å². The highest BCUT2D eigenvalue weighted by molar-refractivity contribution is 5.88. The molecule has 362 valence electrons. The highest BCUT2D eigenvalue weighted by atomic mass is 19.1. The Bertz CT molecular complexity index is 3170. The van der Waals surface area contributed by atoms with Gasteiger partial charge in [0.25, 0.3) is 0 Å². The van der Waals surface area contributed by atoms with Crippen LogP contribution in [-0.2, 0) is 9.47 Å². The Labute approximate surface area is 402 Å². The zero-order chi connectivity index (χ0) is 49.6. The van der Waals surface area contributed by atoms with Gasteiger partial charge in [0.05, 0.1) is 48.8 Å². The molecule has 0 bridgehead atoms. The van der Waals surface area contributed by atoms with E-state index in [1.54, 1.807) is 32.5 Å². The lowest BCUT2D eigenvalue weighted by Gasteiger charge is -2.29. The molecule has 2 fully saturated rings. The van der Waals surface area contributed by atoms with Gasteiger partial charge in [0.15, 0.2) is 11.3 Å². The summed E-state index contributed by atoms with van der Waals surface area (Å²) < 4.78 is 79.1. The van der Waals surface area contributed by atoms with Crippen molar-refractivity contribution in [1.29, 1.82) is 0 Å². The van der Waals surface area contributed by atoms with Crippen LogP contribution in [0.15, 0.2) is 72.9 Å². The second kappa shape index (κ2) is 21.6. The van der Waals surface area contributed by atoms with Crippen LogP contribution in [0.4, 0.5) is 17.6 Å². The van der Waals surface area contributed by atoms with Crippen molar-refractivity contribution in [2.24, 2.45) is 0 Å². The van der Waals surface area contributed by atoms with Crippen LogP contribution in [0.3, 0.4) is 0 Å². The number of pyridine rings is 2. The molecule has 18 heteroatoms. The van der Waals surface area contributed by atoms with E-state index in [1.165, 1.54) is 24.3 Å². The fraction of sp³-hybridized carbons (Fsp3) is 0.346. The van der Waals surface area contributed by atoms with Gasteiger partial charge in [-0.15, -0.1) is 0 Å². The van der Waals surface area contributed by atoms with Gasteiger partial charge in [-0.3, -0.25) is 0 Å². The molecule has 8 aromatic rings. The third-order valence-electron chi connectivity index (χ3n) is 12.2. The largest absolute Gasteiger partial charge is 0.481 e. The number of hydrogen-bond acceptors (Lipinski definition) is 14. The van der Waals surface area contributed by atoms with Crippen molar-refractivity contribution in [2.45, 2.75) is 91.3 Å². The van der Waals surface area contributed by atoms with Crippen molar-refractivity contribution in [3.63, 3.8) is 0 Å². The van der Waals surface area contributed by atoms with Crippen molar-refractivity contribution >= 4 is 22.3 Å². The number of hydrogen-bond donors (Lipinski definition) is 0. The normalized spacial score (nSPS) is 17.8. The minimum absolute atomic E-state index is 0.0454. The van der Waals surface area contributed by atoms with Gasteiger partial charge < -0.3 is 18.9 Å². The summed E-state index contributed by atoms with van der Waals surface area (Å²) in [6, 6.07) is 16.1. The molecule has 0 aliphatic carbocycles. The smallest absolute Gasteiger partial charge is 0.213 e. The van der Waals surface area contributed by atoms with E-state index < -0.39 is 23.3 Å². The fourth-order valence-corrected chi connectivity index (χ4v) is 8.29. The van der Waals surface area contributed by atoms with Crippen LogP contribution < -0.4 is 9.47 Å². The molecule has 8 heterocycles. The average molecular weight is 957 g/mol. The number of ether oxygens (including phenoxy) is 4. The van der Waals surface area contributed by atoms with Crippen LogP contribution >= 0.6 is 0 Å². The van der Waals surface area contributed by atoms with Crippen molar-refractivity contribution in [3.05, 3.63) is 142 Å². The summed E-state index contributed by atoms with van der Waals surface area (Å²) in [4.78, 5) is 46.1. The molecule has 0 radical (unpaired) electrons.